The number of hydrogen-bond acceptors (Lipinski definition) is 4. The summed E-state index contributed by atoms with van der Waals surface area (Å²) in [7, 11) is 0. The van der Waals surface area contributed by atoms with Crippen LogP contribution < -0.4 is 0 Å². The molecule has 0 aliphatic carbocycles. The lowest BCUT2D eigenvalue weighted by Crippen LogP contribution is -2.55. The molecule has 1 aromatic rings. The summed E-state index contributed by atoms with van der Waals surface area (Å²) >= 11 is 1.50. The van der Waals surface area contributed by atoms with Crippen LogP contribution in [-0.2, 0) is 16.1 Å². The predicted octanol–water partition coefficient (Wildman–Crippen LogP) is 0.671. The van der Waals surface area contributed by atoms with Gasteiger partial charge in [0.05, 0.1) is 6.54 Å². The molecule has 1 saturated heterocycles. The summed E-state index contributed by atoms with van der Waals surface area (Å²) in [6.45, 7) is 5.10. The summed E-state index contributed by atoms with van der Waals surface area (Å²) in [4.78, 5) is 28.3. The lowest BCUT2D eigenvalue weighted by molar-refractivity contribution is -0.157. The van der Waals surface area contributed by atoms with E-state index in [2.05, 4.69) is 11.8 Å². The number of amides is 2. The number of piperazine rings is 1. The zero-order valence-corrected chi connectivity index (χ0v) is 12.9. The molecule has 2 heterocycles. The van der Waals surface area contributed by atoms with Crippen molar-refractivity contribution < 1.29 is 14.7 Å². The molecule has 5 nitrogen and oxygen atoms in total. The summed E-state index contributed by atoms with van der Waals surface area (Å²) in [5.74, 6) is 4.58. The molecule has 1 fully saturated rings. The van der Waals surface area contributed by atoms with Crippen molar-refractivity contribution in [2.45, 2.75) is 26.4 Å². The Hall–Kier alpha value is -1.84. The Morgan fingerprint density at radius 1 is 1.33 bits per heavy atom. The van der Waals surface area contributed by atoms with Crippen molar-refractivity contribution in [3.8, 4) is 11.8 Å². The van der Waals surface area contributed by atoms with Gasteiger partial charge in [-0.25, -0.2) is 0 Å². The van der Waals surface area contributed by atoms with E-state index in [0.29, 0.717) is 19.6 Å². The molecule has 1 N–H and O–H groups in total. The van der Waals surface area contributed by atoms with E-state index < -0.39 is 11.8 Å². The maximum atomic E-state index is 12.2. The van der Waals surface area contributed by atoms with Gasteiger partial charge in [-0.2, -0.15) is 0 Å². The molecule has 1 aliphatic rings. The molecular weight excluding hydrogens is 288 g/mol. The summed E-state index contributed by atoms with van der Waals surface area (Å²) < 4.78 is 0. The summed E-state index contributed by atoms with van der Waals surface area (Å²) in [6.07, 6.45) is 0. The zero-order chi connectivity index (χ0) is 15.4. The van der Waals surface area contributed by atoms with E-state index in [1.54, 1.807) is 9.80 Å². The molecule has 0 unspecified atom stereocenters. The molecule has 112 valence electrons. The normalized spacial score (nSPS) is 15.4. The summed E-state index contributed by atoms with van der Waals surface area (Å²) in [6, 6.07) is 1.90. The van der Waals surface area contributed by atoms with Gasteiger partial charge in [0.25, 0.3) is 0 Å². The third kappa shape index (κ3) is 3.43. The molecule has 1 aliphatic heterocycles. The Labute approximate surface area is 128 Å². The van der Waals surface area contributed by atoms with Crippen LogP contribution in [0, 0.1) is 11.8 Å². The highest BCUT2D eigenvalue weighted by molar-refractivity contribution is 7.10. The molecule has 0 atom stereocenters. The molecule has 1 aromatic heterocycles. The van der Waals surface area contributed by atoms with E-state index >= 15 is 0 Å². The first-order chi connectivity index (χ1) is 10.0. The molecule has 0 radical (unpaired) electrons. The molecule has 2 rings (SSSR count). The molecule has 21 heavy (non-hydrogen) atoms. The van der Waals surface area contributed by atoms with Gasteiger partial charge in [-0.15, -0.1) is 11.3 Å². The molecule has 2 amide bonds. The van der Waals surface area contributed by atoms with Gasteiger partial charge in [0.15, 0.2) is 0 Å². The first-order valence-electron chi connectivity index (χ1n) is 6.80. The van der Waals surface area contributed by atoms with Crippen LogP contribution in [0.2, 0.25) is 0 Å². The van der Waals surface area contributed by atoms with Crippen molar-refractivity contribution in [2.24, 2.45) is 0 Å². The molecule has 0 spiro atoms. The van der Waals surface area contributed by atoms with Gasteiger partial charge in [-0.3, -0.25) is 9.59 Å². The second-order valence-electron chi connectivity index (χ2n) is 5.04. The lowest BCUT2D eigenvalue weighted by atomic mass is 10.2. The SMILES string of the molecule is CC(C)N1CCN(Cc2sccc2C#CCO)C(=O)C1=O. The van der Waals surface area contributed by atoms with Gasteiger partial charge >= 0.3 is 11.8 Å². The number of carbonyl (C=O) groups is 2. The number of aliphatic hydroxyl groups excluding tert-OH is 1. The van der Waals surface area contributed by atoms with Crippen LogP contribution in [0.4, 0.5) is 0 Å². The Bertz CT molecular complexity index is 598. The number of nitrogens with zero attached hydrogens (tertiary/aromatic N) is 2. The van der Waals surface area contributed by atoms with Crippen LogP contribution in [-0.4, -0.2) is 52.5 Å². The Kier molecular flexibility index (Phi) is 4.99. The van der Waals surface area contributed by atoms with Crippen molar-refractivity contribution in [1.29, 1.82) is 0 Å². The average molecular weight is 306 g/mol. The topological polar surface area (TPSA) is 60.9 Å². The fraction of sp³-hybridized carbons (Fsp3) is 0.467. The van der Waals surface area contributed by atoms with Gasteiger partial charge in [-0.1, -0.05) is 11.8 Å². The fourth-order valence-electron chi connectivity index (χ4n) is 2.22. The lowest BCUT2D eigenvalue weighted by Gasteiger charge is -2.35. The first-order valence-corrected chi connectivity index (χ1v) is 7.68. The minimum Gasteiger partial charge on any atom is -0.384 e. The Balaban J connectivity index is 2.10. The van der Waals surface area contributed by atoms with Gasteiger partial charge in [0.2, 0.25) is 0 Å². The van der Waals surface area contributed by atoms with Crippen LogP contribution in [0.15, 0.2) is 11.4 Å². The molecule has 0 aromatic carbocycles. The molecule has 0 saturated carbocycles. The van der Waals surface area contributed by atoms with Gasteiger partial charge < -0.3 is 14.9 Å². The van der Waals surface area contributed by atoms with Gasteiger partial charge in [0, 0.05) is 29.6 Å². The Morgan fingerprint density at radius 2 is 2.10 bits per heavy atom. The van der Waals surface area contributed by atoms with Gasteiger partial charge in [-0.05, 0) is 25.3 Å². The molecule has 6 heteroatoms. The van der Waals surface area contributed by atoms with Gasteiger partial charge in [0.1, 0.15) is 6.61 Å². The fourth-order valence-corrected chi connectivity index (χ4v) is 3.06. The monoisotopic (exact) mass is 306 g/mol. The van der Waals surface area contributed by atoms with E-state index in [-0.39, 0.29) is 12.6 Å². The molecular formula is C15H18N2O3S. The Morgan fingerprint density at radius 3 is 2.76 bits per heavy atom. The highest BCUT2D eigenvalue weighted by Crippen LogP contribution is 2.20. The van der Waals surface area contributed by atoms with Crippen LogP contribution in [0.3, 0.4) is 0 Å². The zero-order valence-electron chi connectivity index (χ0n) is 12.1. The maximum absolute atomic E-state index is 12.2. The first kappa shape index (κ1) is 15.5. The predicted molar refractivity (Wildman–Crippen MR) is 80.5 cm³/mol. The van der Waals surface area contributed by atoms with Crippen LogP contribution in [0.25, 0.3) is 0 Å². The second-order valence-corrected chi connectivity index (χ2v) is 6.04. The minimum atomic E-state index is -0.454. The van der Waals surface area contributed by atoms with Crippen molar-refractivity contribution in [1.82, 2.24) is 9.80 Å². The van der Waals surface area contributed by atoms with E-state index in [1.807, 2.05) is 25.3 Å². The highest BCUT2D eigenvalue weighted by atomic mass is 32.1. The van der Waals surface area contributed by atoms with Crippen LogP contribution in [0.1, 0.15) is 24.3 Å². The maximum Gasteiger partial charge on any atom is 0.312 e. The van der Waals surface area contributed by atoms with Crippen molar-refractivity contribution in [3.05, 3.63) is 21.9 Å². The molecule has 0 bridgehead atoms. The van der Waals surface area contributed by atoms with E-state index in [0.717, 1.165) is 10.4 Å². The third-order valence-electron chi connectivity index (χ3n) is 3.35. The van der Waals surface area contributed by atoms with E-state index in [1.165, 1.54) is 11.3 Å². The van der Waals surface area contributed by atoms with Crippen LogP contribution in [0.5, 0.6) is 0 Å². The number of aliphatic hydroxyl groups is 1. The summed E-state index contributed by atoms with van der Waals surface area (Å²) in [5.41, 5.74) is 0.806. The summed E-state index contributed by atoms with van der Waals surface area (Å²) in [5, 5.41) is 10.6. The van der Waals surface area contributed by atoms with E-state index in [9.17, 15) is 9.59 Å². The number of thiophene rings is 1. The average Bonchev–Trinajstić information content (AvgIpc) is 2.88. The number of carbonyl (C=O) groups excluding carboxylic acids is 2. The third-order valence-corrected chi connectivity index (χ3v) is 4.25. The number of rotatable bonds is 3. The minimum absolute atomic E-state index is 0.0383. The highest BCUT2D eigenvalue weighted by Gasteiger charge is 2.33. The van der Waals surface area contributed by atoms with Crippen LogP contribution >= 0.6 is 11.3 Å². The standard InChI is InChI=1S/C15H18N2O3S/c1-11(2)17-7-6-16(14(19)15(17)20)10-13-12(4-3-8-18)5-9-21-13/h5,9,11,18H,6-8,10H2,1-2H3. The van der Waals surface area contributed by atoms with Crippen molar-refractivity contribution in [2.75, 3.05) is 19.7 Å². The van der Waals surface area contributed by atoms with E-state index in [4.69, 9.17) is 5.11 Å². The number of hydrogen-bond donors (Lipinski definition) is 1. The van der Waals surface area contributed by atoms with Crippen molar-refractivity contribution in [3.63, 3.8) is 0 Å². The van der Waals surface area contributed by atoms with Crippen molar-refractivity contribution >= 4 is 23.2 Å². The quantitative estimate of drug-likeness (QED) is 0.659. The smallest absolute Gasteiger partial charge is 0.312 e. The second kappa shape index (κ2) is 6.74. The largest absolute Gasteiger partial charge is 0.384 e.